The highest BCUT2D eigenvalue weighted by Crippen LogP contribution is 2.32. The van der Waals surface area contributed by atoms with E-state index in [0.717, 1.165) is 20.2 Å². The van der Waals surface area contributed by atoms with E-state index < -0.39 is 22.5 Å². The molecule has 0 bridgehead atoms. The Hall–Kier alpha value is -4.27. The number of hydrogen-bond donors (Lipinski definition) is 0. The molecule has 0 N–H and O–H groups in total. The van der Waals surface area contributed by atoms with Gasteiger partial charge < -0.3 is 9.47 Å². The van der Waals surface area contributed by atoms with E-state index in [1.165, 1.54) is 18.2 Å². The molecule has 0 saturated carbocycles. The van der Waals surface area contributed by atoms with Gasteiger partial charge in [-0.3, -0.25) is 0 Å². The van der Waals surface area contributed by atoms with Crippen molar-refractivity contribution in [2.75, 3.05) is 6.61 Å². The third-order valence-corrected chi connectivity index (χ3v) is 7.62. The fraction of sp³-hybridized carbons (Fsp3) is 0.0938. The quantitative estimate of drug-likeness (QED) is 0.113. The molecule has 0 aliphatic carbocycles. The maximum Gasteiger partial charge on any atom is 0.345 e. The predicted molar refractivity (Wildman–Crippen MR) is 145 cm³/mol. The molecule has 0 radical (unpaired) electrons. The number of benzene rings is 4. The zero-order valence-electron chi connectivity index (χ0n) is 20.4. The smallest absolute Gasteiger partial charge is 0.345 e. The molecule has 37 heavy (non-hydrogen) atoms. The number of carbonyl (C=O) groups excluding carboxylic acids is 1. The lowest BCUT2D eigenvalue weighted by atomic mass is 10.1. The van der Waals surface area contributed by atoms with E-state index in [2.05, 4.69) is 30.6 Å². The SMILES string of the molecule is C=CC(C)(C#Cc1ccccc1)OC(=O)COc1ccc([S+](c2ccccc2)c2ccc(F)cc2)cc1. The minimum absolute atomic E-state index is 0.266. The van der Waals surface area contributed by atoms with Crippen LogP contribution < -0.4 is 4.74 Å². The van der Waals surface area contributed by atoms with Crippen LogP contribution in [0.5, 0.6) is 5.75 Å². The summed E-state index contributed by atoms with van der Waals surface area (Å²) in [7, 11) is -0.417. The van der Waals surface area contributed by atoms with Crippen LogP contribution >= 0.6 is 0 Å². The van der Waals surface area contributed by atoms with Crippen LogP contribution in [0.3, 0.4) is 0 Å². The molecule has 0 saturated heterocycles. The number of ether oxygens (including phenoxy) is 2. The summed E-state index contributed by atoms with van der Waals surface area (Å²) in [6.45, 7) is 5.17. The van der Waals surface area contributed by atoms with Crippen LogP contribution in [0.1, 0.15) is 12.5 Å². The van der Waals surface area contributed by atoms with Gasteiger partial charge >= 0.3 is 5.97 Å². The van der Waals surface area contributed by atoms with Crippen molar-refractivity contribution in [1.82, 2.24) is 0 Å². The lowest BCUT2D eigenvalue weighted by molar-refractivity contribution is -0.152. The topological polar surface area (TPSA) is 35.5 Å². The van der Waals surface area contributed by atoms with Gasteiger partial charge in [0, 0.05) is 5.56 Å². The van der Waals surface area contributed by atoms with E-state index in [1.807, 2.05) is 84.9 Å². The van der Waals surface area contributed by atoms with Gasteiger partial charge in [-0.05, 0) is 91.7 Å². The molecule has 0 heterocycles. The molecule has 4 rings (SSSR count). The van der Waals surface area contributed by atoms with Crippen LogP contribution in [0, 0.1) is 17.7 Å². The van der Waals surface area contributed by atoms with E-state index >= 15 is 0 Å². The average Bonchev–Trinajstić information content (AvgIpc) is 2.94. The predicted octanol–water partition coefficient (Wildman–Crippen LogP) is 6.84. The van der Waals surface area contributed by atoms with Gasteiger partial charge in [-0.2, -0.15) is 0 Å². The van der Waals surface area contributed by atoms with Crippen LogP contribution in [0.25, 0.3) is 0 Å². The molecule has 0 aliphatic rings. The molecule has 0 spiro atoms. The summed E-state index contributed by atoms with van der Waals surface area (Å²) in [6, 6.07) is 33.6. The van der Waals surface area contributed by atoms with E-state index in [1.54, 1.807) is 6.92 Å². The van der Waals surface area contributed by atoms with E-state index in [-0.39, 0.29) is 12.4 Å². The van der Waals surface area contributed by atoms with Crippen LogP contribution in [0.15, 0.2) is 137 Å². The highest BCUT2D eigenvalue weighted by Gasteiger charge is 2.28. The van der Waals surface area contributed by atoms with Crippen molar-refractivity contribution in [2.45, 2.75) is 27.2 Å². The average molecular weight is 510 g/mol. The summed E-state index contributed by atoms with van der Waals surface area (Å²) < 4.78 is 24.8. The summed E-state index contributed by atoms with van der Waals surface area (Å²) >= 11 is 0. The highest BCUT2D eigenvalue weighted by molar-refractivity contribution is 7.97. The maximum absolute atomic E-state index is 13.5. The van der Waals surface area contributed by atoms with Crippen molar-refractivity contribution in [3.05, 3.63) is 133 Å². The second kappa shape index (κ2) is 12.1. The molecule has 184 valence electrons. The van der Waals surface area contributed by atoms with Crippen molar-refractivity contribution in [2.24, 2.45) is 0 Å². The molecule has 2 unspecified atom stereocenters. The molecule has 0 aromatic heterocycles. The van der Waals surface area contributed by atoms with Crippen molar-refractivity contribution in [3.8, 4) is 17.6 Å². The maximum atomic E-state index is 13.5. The van der Waals surface area contributed by atoms with Crippen LogP contribution in [-0.2, 0) is 20.4 Å². The minimum Gasteiger partial charge on any atom is -0.482 e. The Bertz CT molecular complexity index is 1390. The van der Waals surface area contributed by atoms with Crippen molar-refractivity contribution < 1.29 is 18.7 Å². The van der Waals surface area contributed by atoms with Gasteiger partial charge in [0.15, 0.2) is 26.9 Å². The third kappa shape index (κ3) is 7.13. The highest BCUT2D eigenvalue weighted by atomic mass is 32.2. The zero-order valence-corrected chi connectivity index (χ0v) is 21.2. The van der Waals surface area contributed by atoms with Gasteiger partial charge in [-0.1, -0.05) is 48.9 Å². The molecule has 3 nitrogen and oxygen atoms in total. The molecule has 0 amide bonds. The molecule has 0 aliphatic heterocycles. The number of carbonyl (C=O) groups is 1. The van der Waals surface area contributed by atoms with Gasteiger partial charge in [-0.15, -0.1) is 0 Å². The fourth-order valence-electron chi connectivity index (χ4n) is 3.45. The van der Waals surface area contributed by atoms with Gasteiger partial charge in [0.25, 0.3) is 0 Å². The molecule has 4 aromatic carbocycles. The van der Waals surface area contributed by atoms with Crippen LogP contribution in [-0.4, -0.2) is 18.2 Å². The normalized spacial score (nSPS) is 12.8. The van der Waals surface area contributed by atoms with E-state index in [9.17, 15) is 9.18 Å². The Morgan fingerprint density at radius 2 is 1.41 bits per heavy atom. The Kier molecular flexibility index (Phi) is 8.45. The van der Waals surface area contributed by atoms with E-state index in [0.29, 0.717) is 5.75 Å². The molecule has 2 atom stereocenters. The number of esters is 1. The summed E-state index contributed by atoms with van der Waals surface area (Å²) in [4.78, 5) is 15.6. The minimum atomic E-state index is -1.14. The monoisotopic (exact) mass is 509 g/mol. The lowest BCUT2D eigenvalue weighted by Gasteiger charge is -2.20. The second-order valence-corrected chi connectivity index (χ2v) is 10.3. The largest absolute Gasteiger partial charge is 0.482 e. The number of hydrogen-bond acceptors (Lipinski definition) is 3. The summed E-state index contributed by atoms with van der Waals surface area (Å²) in [5.74, 6) is 5.67. The van der Waals surface area contributed by atoms with Crippen molar-refractivity contribution in [1.29, 1.82) is 0 Å². The van der Waals surface area contributed by atoms with Crippen LogP contribution in [0.2, 0.25) is 0 Å². The lowest BCUT2D eigenvalue weighted by Crippen LogP contribution is -2.30. The van der Waals surface area contributed by atoms with Crippen LogP contribution in [0.4, 0.5) is 4.39 Å². The van der Waals surface area contributed by atoms with Gasteiger partial charge in [0.2, 0.25) is 0 Å². The molecule has 5 heteroatoms. The van der Waals surface area contributed by atoms with Gasteiger partial charge in [-0.25, -0.2) is 9.18 Å². The molecule has 0 fully saturated rings. The molecular weight excluding hydrogens is 483 g/mol. The first-order chi connectivity index (χ1) is 18.0. The standard InChI is InChI=1S/C32H26FO3S/c1-3-32(2,23-22-25-10-6-4-7-11-25)36-31(34)24-35-27-16-20-30(21-17-27)37(28-12-8-5-9-13-28)29-18-14-26(33)15-19-29/h3-21H,1,24H2,2H3/q+1. The van der Waals surface area contributed by atoms with Gasteiger partial charge in [0.05, 0.1) is 10.9 Å². The Balaban J connectivity index is 1.43. The molecule has 4 aromatic rings. The first-order valence-electron chi connectivity index (χ1n) is 11.7. The summed E-state index contributed by atoms with van der Waals surface area (Å²) in [6.07, 6.45) is 1.50. The first-order valence-corrected chi connectivity index (χ1v) is 12.9. The Morgan fingerprint density at radius 3 is 2.00 bits per heavy atom. The Labute approximate surface area is 219 Å². The summed E-state index contributed by atoms with van der Waals surface area (Å²) in [5.41, 5.74) is -0.322. The summed E-state index contributed by atoms with van der Waals surface area (Å²) in [5, 5.41) is 0. The zero-order chi connectivity index (χ0) is 26.1. The number of halogens is 1. The van der Waals surface area contributed by atoms with Crippen molar-refractivity contribution in [3.63, 3.8) is 0 Å². The van der Waals surface area contributed by atoms with Crippen molar-refractivity contribution >= 4 is 16.9 Å². The number of rotatable bonds is 8. The second-order valence-electron chi connectivity index (χ2n) is 8.23. The fourth-order valence-corrected chi connectivity index (χ4v) is 5.51. The van der Waals surface area contributed by atoms with E-state index in [4.69, 9.17) is 9.47 Å². The first kappa shape index (κ1) is 25.8. The third-order valence-electron chi connectivity index (χ3n) is 5.39. The van der Waals surface area contributed by atoms with Gasteiger partial charge in [0.1, 0.15) is 11.6 Å². The molecular formula is C32H26FO3S+. The Morgan fingerprint density at radius 1 is 0.865 bits per heavy atom.